The fourth-order valence-electron chi connectivity index (χ4n) is 2.21. The molecule has 0 atom stereocenters. The molecule has 0 fully saturated rings. The van der Waals surface area contributed by atoms with E-state index in [0.717, 1.165) is 37.1 Å². The zero-order valence-electron chi connectivity index (χ0n) is 13.5. The summed E-state index contributed by atoms with van der Waals surface area (Å²) in [6.45, 7) is 6.80. The van der Waals surface area contributed by atoms with Crippen molar-refractivity contribution in [1.82, 2.24) is 20.2 Å². The summed E-state index contributed by atoms with van der Waals surface area (Å²) in [6.07, 6.45) is 6.38. The molecule has 2 N–H and O–H groups in total. The Bertz CT molecular complexity index is 571. The molecule has 0 saturated heterocycles. The van der Waals surface area contributed by atoms with E-state index in [1.807, 2.05) is 24.5 Å². The molecule has 0 aromatic carbocycles. The van der Waals surface area contributed by atoms with Crippen LogP contribution in [-0.2, 0) is 19.5 Å². The number of nitrogens with one attached hydrogen (secondary N) is 2. The van der Waals surface area contributed by atoms with Gasteiger partial charge >= 0.3 is 0 Å². The Morgan fingerprint density at radius 3 is 2.95 bits per heavy atom. The molecule has 2 heterocycles. The number of aliphatic imine (C=N–C) groups is 1. The molecule has 0 aliphatic heterocycles. The van der Waals surface area contributed by atoms with Crippen molar-refractivity contribution in [2.75, 3.05) is 13.6 Å². The third-order valence-electron chi connectivity index (χ3n) is 3.25. The average molecular weight is 303 g/mol. The van der Waals surface area contributed by atoms with Crippen LogP contribution in [0.4, 0.5) is 0 Å². The van der Waals surface area contributed by atoms with E-state index >= 15 is 0 Å². The standard InChI is InChI=1S/C16H25N5O/c1-13(2)12-21-9-8-18-15(21)11-20-16(17-3)19-7-6-14-5-4-10-22-14/h4-5,8-10,13H,6-7,11-12H2,1-3H3,(H2,17,19,20). The third kappa shape index (κ3) is 4.95. The van der Waals surface area contributed by atoms with Gasteiger partial charge in [-0.1, -0.05) is 13.8 Å². The number of rotatable bonds is 7. The second-order valence-corrected chi connectivity index (χ2v) is 5.57. The molecular formula is C16H25N5O. The van der Waals surface area contributed by atoms with Crippen LogP contribution in [0.25, 0.3) is 0 Å². The summed E-state index contributed by atoms with van der Waals surface area (Å²) in [5, 5.41) is 6.56. The lowest BCUT2D eigenvalue weighted by Crippen LogP contribution is -2.38. The van der Waals surface area contributed by atoms with Gasteiger partial charge in [0.05, 0.1) is 12.8 Å². The molecule has 0 saturated carbocycles. The Morgan fingerprint density at radius 1 is 1.41 bits per heavy atom. The fourth-order valence-corrected chi connectivity index (χ4v) is 2.21. The number of imidazole rings is 1. The molecule has 2 rings (SSSR count). The quantitative estimate of drug-likeness (QED) is 0.607. The van der Waals surface area contributed by atoms with Crippen molar-refractivity contribution < 1.29 is 4.42 Å². The van der Waals surface area contributed by atoms with Crippen LogP contribution in [0, 0.1) is 5.92 Å². The summed E-state index contributed by atoms with van der Waals surface area (Å²) in [6, 6.07) is 3.87. The van der Waals surface area contributed by atoms with Crippen molar-refractivity contribution in [3.63, 3.8) is 0 Å². The zero-order valence-corrected chi connectivity index (χ0v) is 13.5. The second-order valence-electron chi connectivity index (χ2n) is 5.57. The van der Waals surface area contributed by atoms with Gasteiger partial charge in [0.2, 0.25) is 0 Å². The van der Waals surface area contributed by atoms with Crippen LogP contribution in [-0.4, -0.2) is 29.1 Å². The maximum Gasteiger partial charge on any atom is 0.191 e. The third-order valence-corrected chi connectivity index (χ3v) is 3.25. The minimum atomic E-state index is 0.596. The highest BCUT2D eigenvalue weighted by atomic mass is 16.3. The van der Waals surface area contributed by atoms with Crippen LogP contribution in [0.1, 0.15) is 25.4 Å². The number of hydrogen-bond donors (Lipinski definition) is 2. The van der Waals surface area contributed by atoms with Crippen LogP contribution in [0.15, 0.2) is 40.2 Å². The first-order valence-electron chi connectivity index (χ1n) is 7.66. The molecule has 2 aromatic heterocycles. The van der Waals surface area contributed by atoms with Crippen LogP contribution in [0.3, 0.4) is 0 Å². The lowest BCUT2D eigenvalue weighted by atomic mass is 10.2. The predicted octanol–water partition coefficient (Wildman–Crippen LogP) is 2.04. The van der Waals surface area contributed by atoms with E-state index in [1.165, 1.54) is 0 Å². The lowest BCUT2D eigenvalue weighted by molar-refractivity contribution is 0.502. The Labute approximate surface area is 131 Å². The molecular weight excluding hydrogens is 278 g/mol. The van der Waals surface area contributed by atoms with Gasteiger partial charge in [-0.3, -0.25) is 4.99 Å². The SMILES string of the molecule is CN=C(NCCc1ccco1)NCc1nccn1CC(C)C. The van der Waals surface area contributed by atoms with Gasteiger partial charge in [-0.2, -0.15) is 0 Å². The molecule has 6 nitrogen and oxygen atoms in total. The topological polar surface area (TPSA) is 67.4 Å². The molecule has 0 spiro atoms. The van der Waals surface area contributed by atoms with Crippen LogP contribution in [0.2, 0.25) is 0 Å². The number of furan rings is 1. The van der Waals surface area contributed by atoms with Crippen molar-refractivity contribution in [3.8, 4) is 0 Å². The van der Waals surface area contributed by atoms with E-state index in [9.17, 15) is 0 Å². The number of hydrogen-bond acceptors (Lipinski definition) is 3. The summed E-state index contributed by atoms with van der Waals surface area (Å²) in [5.41, 5.74) is 0. The summed E-state index contributed by atoms with van der Waals surface area (Å²) in [4.78, 5) is 8.62. The van der Waals surface area contributed by atoms with E-state index in [0.29, 0.717) is 12.5 Å². The number of aromatic nitrogens is 2. The van der Waals surface area contributed by atoms with Gasteiger partial charge in [-0.25, -0.2) is 4.98 Å². The summed E-state index contributed by atoms with van der Waals surface area (Å²) in [5.74, 6) is 3.35. The van der Waals surface area contributed by atoms with Gasteiger partial charge in [0.25, 0.3) is 0 Å². The Morgan fingerprint density at radius 2 is 2.27 bits per heavy atom. The van der Waals surface area contributed by atoms with Gasteiger partial charge in [0.1, 0.15) is 11.6 Å². The van der Waals surface area contributed by atoms with Crippen molar-refractivity contribution in [1.29, 1.82) is 0 Å². The highest BCUT2D eigenvalue weighted by molar-refractivity contribution is 5.79. The smallest absolute Gasteiger partial charge is 0.191 e. The normalized spacial score (nSPS) is 11.9. The van der Waals surface area contributed by atoms with E-state index < -0.39 is 0 Å². The molecule has 0 radical (unpaired) electrons. The monoisotopic (exact) mass is 303 g/mol. The van der Waals surface area contributed by atoms with Gasteiger partial charge < -0.3 is 19.6 Å². The minimum absolute atomic E-state index is 0.596. The zero-order chi connectivity index (χ0) is 15.8. The molecule has 22 heavy (non-hydrogen) atoms. The first-order chi connectivity index (χ1) is 10.7. The first kappa shape index (κ1) is 16.1. The van der Waals surface area contributed by atoms with Crippen molar-refractivity contribution in [2.45, 2.75) is 33.4 Å². The summed E-state index contributed by atoms with van der Waals surface area (Å²) in [7, 11) is 1.77. The average Bonchev–Trinajstić information content (AvgIpc) is 3.14. The van der Waals surface area contributed by atoms with Gasteiger partial charge in [-0.05, 0) is 18.1 Å². The van der Waals surface area contributed by atoms with Crippen molar-refractivity contribution in [2.24, 2.45) is 10.9 Å². The molecule has 0 bridgehead atoms. The molecule has 0 amide bonds. The van der Waals surface area contributed by atoms with Crippen LogP contribution >= 0.6 is 0 Å². The number of guanidine groups is 1. The van der Waals surface area contributed by atoms with E-state index in [4.69, 9.17) is 4.42 Å². The Balaban J connectivity index is 1.77. The molecule has 2 aromatic rings. The van der Waals surface area contributed by atoms with Crippen LogP contribution < -0.4 is 10.6 Å². The molecule has 0 aliphatic rings. The molecule has 6 heteroatoms. The Kier molecular flexibility index (Phi) is 6.06. The molecule has 0 aliphatic carbocycles. The van der Waals surface area contributed by atoms with E-state index in [2.05, 4.69) is 39.0 Å². The number of nitrogens with zero attached hydrogens (tertiary/aromatic N) is 3. The highest BCUT2D eigenvalue weighted by Gasteiger charge is 2.06. The predicted molar refractivity (Wildman–Crippen MR) is 87.7 cm³/mol. The van der Waals surface area contributed by atoms with Gasteiger partial charge in [-0.15, -0.1) is 0 Å². The fraction of sp³-hybridized carbons (Fsp3) is 0.500. The molecule has 0 unspecified atom stereocenters. The summed E-state index contributed by atoms with van der Waals surface area (Å²) >= 11 is 0. The van der Waals surface area contributed by atoms with Crippen molar-refractivity contribution >= 4 is 5.96 Å². The highest BCUT2D eigenvalue weighted by Crippen LogP contribution is 2.03. The van der Waals surface area contributed by atoms with Gasteiger partial charge in [0.15, 0.2) is 5.96 Å². The van der Waals surface area contributed by atoms with E-state index in [1.54, 1.807) is 13.3 Å². The Hall–Kier alpha value is -2.24. The van der Waals surface area contributed by atoms with E-state index in [-0.39, 0.29) is 0 Å². The molecule has 120 valence electrons. The second kappa shape index (κ2) is 8.26. The summed E-state index contributed by atoms with van der Waals surface area (Å²) < 4.78 is 7.48. The van der Waals surface area contributed by atoms with Crippen molar-refractivity contribution in [3.05, 3.63) is 42.4 Å². The largest absolute Gasteiger partial charge is 0.469 e. The van der Waals surface area contributed by atoms with Crippen LogP contribution in [0.5, 0.6) is 0 Å². The first-order valence-corrected chi connectivity index (χ1v) is 7.66. The maximum atomic E-state index is 5.31. The maximum absolute atomic E-state index is 5.31. The van der Waals surface area contributed by atoms with Gasteiger partial charge in [0, 0.05) is 39.0 Å². The minimum Gasteiger partial charge on any atom is -0.469 e. The lowest BCUT2D eigenvalue weighted by Gasteiger charge is -2.13.